The van der Waals surface area contributed by atoms with E-state index in [0.29, 0.717) is 18.1 Å². The van der Waals surface area contributed by atoms with Crippen molar-refractivity contribution < 1.29 is 9.59 Å². The number of nitrogens with zero attached hydrogens (tertiary/aromatic N) is 1. The van der Waals surface area contributed by atoms with E-state index in [4.69, 9.17) is 11.6 Å². The summed E-state index contributed by atoms with van der Waals surface area (Å²) in [6.07, 6.45) is 0.237. The van der Waals surface area contributed by atoms with Crippen LogP contribution in [-0.2, 0) is 16.1 Å². The number of carbonyl (C=O) groups is 2. The van der Waals surface area contributed by atoms with Gasteiger partial charge in [-0.15, -0.1) is 0 Å². The second-order valence-electron chi connectivity index (χ2n) is 6.48. The summed E-state index contributed by atoms with van der Waals surface area (Å²) >= 11 is 6.11. The normalized spacial score (nSPS) is 17.0. The van der Waals surface area contributed by atoms with E-state index in [-0.39, 0.29) is 24.2 Å². The highest BCUT2D eigenvalue weighted by molar-refractivity contribution is 6.31. The first-order valence-electron chi connectivity index (χ1n) is 8.34. The lowest BCUT2D eigenvalue weighted by molar-refractivity contribution is -0.126. The lowest BCUT2D eigenvalue weighted by Crippen LogP contribution is -2.32. The zero-order chi connectivity index (χ0) is 18.0. The van der Waals surface area contributed by atoms with Crippen LogP contribution in [0.15, 0.2) is 42.5 Å². The Morgan fingerprint density at radius 3 is 2.68 bits per heavy atom. The van der Waals surface area contributed by atoms with Gasteiger partial charge in [0.2, 0.25) is 11.8 Å². The summed E-state index contributed by atoms with van der Waals surface area (Å²) in [6.45, 7) is 4.84. The van der Waals surface area contributed by atoms with Crippen molar-refractivity contribution in [2.24, 2.45) is 5.92 Å². The van der Waals surface area contributed by atoms with Crippen molar-refractivity contribution in [1.29, 1.82) is 0 Å². The first kappa shape index (κ1) is 17.5. The Bertz CT molecular complexity index is 819. The maximum Gasteiger partial charge on any atom is 0.227 e. The standard InChI is InChI=1S/C20H21ClN2O2/c1-13-7-8-17(9-14(13)2)23-12-16(10-19(23)24)20(25)22-11-15-5-3-4-6-18(15)21/h3-9,16H,10-12H2,1-2H3,(H,22,25). The van der Waals surface area contributed by atoms with Gasteiger partial charge in [-0.2, -0.15) is 0 Å². The number of benzene rings is 2. The third-order valence-electron chi connectivity index (χ3n) is 4.71. The molecule has 1 fully saturated rings. The molecule has 130 valence electrons. The SMILES string of the molecule is Cc1ccc(N2CC(C(=O)NCc3ccccc3Cl)CC2=O)cc1C. The van der Waals surface area contributed by atoms with Crippen LogP contribution in [0.25, 0.3) is 0 Å². The highest BCUT2D eigenvalue weighted by atomic mass is 35.5. The number of hydrogen-bond donors (Lipinski definition) is 1. The molecule has 1 aliphatic heterocycles. The number of halogens is 1. The molecule has 0 aromatic heterocycles. The van der Waals surface area contributed by atoms with Crippen LogP contribution in [0.1, 0.15) is 23.1 Å². The molecule has 25 heavy (non-hydrogen) atoms. The minimum atomic E-state index is -0.336. The van der Waals surface area contributed by atoms with E-state index < -0.39 is 0 Å². The molecule has 3 rings (SSSR count). The molecule has 1 N–H and O–H groups in total. The zero-order valence-corrected chi connectivity index (χ0v) is 15.1. The van der Waals surface area contributed by atoms with Gasteiger partial charge in [-0.1, -0.05) is 35.9 Å². The third-order valence-corrected chi connectivity index (χ3v) is 5.08. The van der Waals surface area contributed by atoms with Crippen LogP contribution in [0.5, 0.6) is 0 Å². The summed E-state index contributed by atoms with van der Waals surface area (Å²) < 4.78 is 0. The number of amides is 2. The first-order valence-corrected chi connectivity index (χ1v) is 8.72. The first-order chi connectivity index (χ1) is 12.0. The van der Waals surface area contributed by atoms with Crippen LogP contribution in [-0.4, -0.2) is 18.4 Å². The molecule has 0 spiro atoms. The monoisotopic (exact) mass is 356 g/mol. The molecule has 0 radical (unpaired) electrons. The van der Waals surface area contributed by atoms with Crippen LogP contribution in [0.3, 0.4) is 0 Å². The topological polar surface area (TPSA) is 49.4 Å². The molecule has 0 aliphatic carbocycles. The van der Waals surface area contributed by atoms with Crippen LogP contribution in [0.2, 0.25) is 5.02 Å². The number of rotatable bonds is 4. The molecule has 5 heteroatoms. The summed E-state index contributed by atoms with van der Waals surface area (Å²) in [5.41, 5.74) is 4.05. The average Bonchev–Trinajstić information content (AvgIpc) is 2.98. The highest BCUT2D eigenvalue weighted by Gasteiger charge is 2.35. The Morgan fingerprint density at radius 2 is 1.96 bits per heavy atom. The highest BCUT2D eigenvalue weighted by Crippen LogP contribution is 2.27. The Hall–Kier alpha value is -2.33. The predicted molar refractivity (Wildman–Crippen MR) is 99.7 cm³/mol. The van der Waals surface area contributed by atoms with Gasteiger partial charge in [0.25, 0.3) is 0 Å². The Labute approximate surface area is 152 Å². The molecule has 4 nitrogen and oxygen atoms in total. The van der Waals surface area contributed by atoms with E-state index in [9.17, 15) is 9.59 Å². The van der Waals surface area contributed by atoms with E-state index in [0.717, 1.165) is 16.8 Å². The van der Waals surface area contributed by atoms with Crippen molar-refractivity contribution >= 4 is 29.1 Å². The average molecular weight is 357 g/mol. The molecule has 1 aliphatic rings. The summed E-state index contributed by atoms with van der Waals surface area (Å²) in [5, 5.41) is 3.52. The molecule has 0 saturated carbocycles. The summed E-state index contributed by atoms with van der Waals surface area (Å²) in [5.74, 6) is -0.461. The molecule has 0 bridgehead atoms. The molecule has 2 aromatic carbocycles. The maximum atomic E-state index is 12.4. The van der Waals surface area contributed by atoms with E-state index >= 15 is 0 Å². The number of hydrogen-bond acceptors (Lipinski definition) is 2. The van der Waals surface area contributed by atoms with Gasteiger partial charge in [-0.25, -0.2) is 0 Å². The van der Waals surface area contributed by atoms with Crippen LogP contribution < -0.4 is 10.2 Å². The smallest absolute Gasteiger partial charge is 0.227 e. The second kappa shape index (κ2) is 7.28. The van der Waals surface area contributed by atoms with E-state index in [1.807, 2.05) is 50.2 Å². The van der Waals surface area contributed by atoms with Crippen molar-refractivity contribution in [3.8, 4) is 0 Å². The summed E-state index contributed by atoms with van der Waals surface area (Å²) in [4.78, 5) is 26.5. The largest absolute Gasteiger partial charge is 0.352 e. The number of carbonyl (C=O) groups excluding carboxylic acids is 2. The Kier molecular flexibility index (Phi) is 5.09. The minimum absolute atomic E-state index is 0.0128. The fourth-order valence-corrected chi connectivity index (χ4v) is 3.20. The van der Waals surface area contributed by atoms with Gasteiger partial charge in [-0.05, 0) is 48.7 Å². The molecule has 1 saturated heterocycles. The van der Waals surface area contributed by atoms with Crippen molar-refractivity contribution in [2.75, 3.05) is 11.4 Å². The molecule has 2 amide bonds. The maximum absolute atomic E-state index is 12.4. The van der Waals surface area contributed by atoms with Gasteiger partial charge in [0.15, 0.2) is 0 Å². The summed E-state index contributed by atoms with van der Waals surface area (Å²) in [6, 6.07) is 13.3. The van der Waals surface area contributed by atoms with E-state index in [2.05, 4.69) is 5.32 Å². The van der Waals surface area contributed by atoms with Crippen LogP contribution in [0, 0.1) is 19.8 Å². The zero-order valence-electron chi connectivity index (χ0n) is 14.4. The number of aryl methyl sites for hydroxylation is 2. The van der Waals surface area contributed by atoms with Crippen LogP contribution >= 0.6 is 11.6 Å². The molecule has 1 unspecified atom stereocenters. The van der Waals surface area contributed by atoms with Crippen molar-refractivity contribution in [3.63, 3.8) is 0 Å². The minimum Gasteiger partial charge on any atom is -0.352 e. The molecular weight excluding hydrogens is 336 g/mol. The third kappa shape index (κ3) is 3.85. The van der Waals surface area contributed by atoms with Crippen molar-refractivity contribution in [1.82, 2.24) is 5.32 Å². The molecular formula is C20H21ClN2O2. The van der Waals surface area contributed by atoms with E-state index in [1.165, 1.54) is 5.56 Å². The Morgan fingerprint density at radius 1 is 1.20 bits per heavy atom. The fourth-order valence-electron chi connectivity index (χ4n) is 2.99. The van der Waals surface area contributed by atoms with Gasteiger partial charge in [0.05, 0.1) is 5.92 Å². The lowest BCUT2D eigenvalue weighted by Gasteiger charge is -2.18. The number of anilines is 1. The molecule has 2 aromatic rings. The number of nitrogens with one attached hydrogen (secondary N) is 1. The fraction of sp³-hybridized carbons (Fsp3) is 0.300. The molecule has 1 heterocycles. The van der Waals surface area contributed by atoms with Crippen molar-refractivity contribution in [2.45, 2.75) is 26.8 Å². The quantitative estimate of drug-likeness (QED) is 0.909. The van der Waals surface area contributed by atoms with Gasteiger partial charge in [0.1, 0.15) is 0 Å². The van der Waals surface area contributed by atoms with Gasteiger partial charge < -0.3 is 10.2 Å². The lowest BCUT2D eigenvalue weighted by atomic mass is 10.1. The van der Waals surface area contributed by atoms with Gasteiger partial charge in [0, 0.05) is 30.2 Å². The molecule has 1 atom stereocenters. The Balaban J connectivity index is 1.64. The van der Waals surface area contributed by atoms with Gasteiger partial charge in [-0.3, -0.25) is 9.59 Å². The predicted octanol–water partition coefficient (Wildman–Crippen LogP) is 3.63. The summed E-state index contributed by atoms with van der Waals surface area (Å²) in [7, 11) is 0. The van der Waals surface area contributed by atoms with Crippen LogP contribution in [0.4, 0.5) is 5.69 Å². The van der Waals surface area contributed by atoms with E-state index in [1.54, 1.807) is 11.0 Å². The van der Waals surface area contributed by atoms with Gasteiger partial charge >= 0.3 is 0 Å². The second-order valence-corrected chi connectivity index (χ2v) is 6.89. The van der Waals surface area contributed by atoms with Crippen molar-refractivity contribution in [3.05, 3.63) is 64.2 Å².